The minimum Gasteiger partial charge on any atom is -0.392 e. The van der Waals surface area contributed by atoms with E-state index >= 15 is 0 Å². The number of thioether (sulfide) groups is 1. The van der Waals surface area contributed by atoms with Crippen molar-refractivity contribution in [2.45, 2.75) is 37.3 Å². The molecular formula is C19H21NO2S. The lowest BCUT2D eigenvalue weighted by Gasteiger charge is -2.09. The van der Waals surface area contributed by atoms with E-state index in [1.165, 1.54) is 24.0 Å². The zero-order valence-corrected chi connectivity index (χ0v) is 13.9. The van der Waals surface area contributed by atoms with Crippen LogP contribution in [0.25, 0.3) is 0 Å². The first kappa shape index (κ1) is 16.1. The Morgan fingerprint density at radius 2 is 1.87 bits per heavy atom. The monoisotopic (exact) mass is 327 g/mol. The number of nitrogens with one attached hydrogen (secondary N) is 1. The van der Waals surface area contributed by atoms with Gasteiger partial charge in [-0.3, -0.25) is 4.79 Å². The van der Waals surface area contributed by atoms with Crippen molar-refractivity contribution < 1.29 is 9.90 Å². The van der Waals surface area contributed by atoms with Crippen LogP contribution in [0.5, 0.6) is 0 Å². The first-order valence-electron chi connectivity index (χ1n) is 7.95. The Hall–Kier alpha value is -1.78. The standard InChI is InChI=1S/C19H21NO2S/c21-12-17-5-2-1-4-16(17)11-20-19(22)13-23-18-9-8-14-6-3-7-15(14)10-18/h1-2,4-5,8-10,21H,3,6-7,11-13H2,(H,20,22). The summed E-state index contributed by atoms with van der Waals surface area (Å²) in [5.41, 5.74) is 4.72. The third-order valence-electron chi connectivity index (χ3n) is 4.20. The van der Waals surface area contributed by atoms with Crippen molar-refractivity contribution in [3.63, 3.8) is 0 Å². The first-order chi connectivity index (χ1) is 11.3. The minimum absolute atomic E-state index is 0.00405. The summed E-state index contributed by atoms with van der Waals surface area (Å²) in [6, 6.07) is 14.1. The molecule has 3 nitrogen and oxygen atoms in total. The number of hydrogen-bond acceptors (Lipinski definition) is 3. The van der Waals surface area contributed by atoms with E-state index in [1.807, 2.05) is 24.3 Å². The number of aliphatic hydroxyl groups is 1. The summed E-state index contributed by atoms with van der Waals surface area (Å²) in [6.45, 7) is 0.455. The summed E-state index contributed by atoms with van der Waals surface area (Å²) < 4.78 is 0. The number of fused-ring (bicyclic) bond motifs is 1. The van der Waals surface area contributed by atoms with Gasteiger partial charge in [-0.25, -0.2) is 0 Å². The highest BCUT2D eigenvalue weighted by Crippen LogP contribution is 2.27. The number of rotatable bonds is 6. The van der Waals surface area contributed by atoms with Gasteiger partial charge in [-0.05, 0) is 53.6 Å². The Morgan fingerprint density at radius 3 is 2.70 bits per heavy atom. The summed E-state index contributed by atoms with van der Waals surface area (Å²) in [6.07, 6.45) is 3.59. The van der Waals surface area contributed by atoms with Crippen LogP contribution in [0.2, 0.25) is 0 Å². The smallest absolute Gasteiger partial charge is 0.230 e. The topological polar surface area (TPSA) is 49.3 Å². The molecule has 0 spiro atoms. The average Bonchev–Trinajstić information content (AvgIpc) is 3.06. The molecule has 120 valence electrons. The maximum absolute atomic E-state index is 12.0. The van der Waals surface area contributed by atoms with Gasteiger partial charge in [0.05, 0.1) is 12.4 Å². The molecule has 0 bridgehead atoms. The summed E-state index contributed by atoms with van der Waals surface area (Å²) in [5.74, 6) is 0.434. The van der Waals surface area contributed by atoms with E-state index in [4.69, 9.17) is 0 Å². The van der Waals surface area contributed by atoms with Gasteiger partial charge < -0.3 is 10.4 Å². The largest absolute Gasteiger partial charge is 0.392 e. The molecule has 1 aliphatic carbocycles. The van der Waals surface area contributed by atoms with E-state index in [-0.39, 0.29) is 12.5 Å². The van der Waals surface area contributed by atoms with Crippen molar-refractivity contribution in [2.24, 2.45) is 0 Å². The normalized spacial score (nSPS) is 12.9. The number of aliphatic hydroxyl groups excluding tert-OH is 1. The second-order valence-electron chi connectivity index (χ2n) is 5.78. The molecule has 2 aromatic rings. The van der Waals surface area contributed by atoms with E-state index < -0.39 is 0 Å². The number of hydrogen-bond donors (Lipinski definition) is 2. The van der Waals surface area contributed by atoms with Crippen molar-refractivity contribution in [3.05, 3.63) is 64.7 Å². The highest BCUT2D eigenvalue weighted by Gasteiger charge is 2.11. The molecule has 0 aromatic heterocycles. The fourth-order valence-electron chi connectivity index (χ4n) is 2.92. The van der Waals surface area contributed by atoms with Crippen LogP contribution in [0, 0.1) is 0 Å². The molecule has 0 aliphatic heterocycles. The third kappa shape index (κ3) is 4.15. The number of aryl methyl sites for hydroxylation is 2. The van der Waals surface area contributed by atoms with E-state index in [0.29, 0.717) is 12.3 Å². The van der Waals surface area contributed by atoms with Gasteiger partial charge >= 0.3 is 0 Å². The number of benzene rings is 2. The van der Waals surface area contributed by atoms with Gasteiger partial charge in [-0.1, -0.05) is 30.3 Å². The number of amides is 1. The van der Waals surface area contributed by atoms with Crippen LogP contribution in [0.3, 0.4) is 0 Å². The quantitative estimate of drug-likeness (QED) is 0.802. The predicted octanol–water partition coefficient (Wildman–Crippen LogP) is 3.08. The predicted molar refractivity (Wildman–Crippen MR) is 93.4 cm³/mol. The number of carbonyl (C=O) groups is 1. The van der Waals surface area contributed by atoms with Gasteiger partial charge in [0.1, 0.15) is 0 Å². The van der Waals surface area contributed by atoms with Crippen molar-refractivity contribution in [1.82, 2.24) is 5.32 Å². The number of carbonyl (C=O) groups excluding carboxylic acids is 1. The molecule has 2 aromatic carbocycles. The summed E-state index contributed by atoms with van der Waals surface area (Å²) in [7, 11) is 0. The molecule has 2 N–H and O–H groups in total. The Kier molecular flexibility index (Phi) is 5.36. The summed E-state index contributed by atoms with van der Waals surface area (Å²) in [5, 5.41) is 12.2. The summed E-state index contributed by atoms with van der Waals surface area (Å²) >= 11 is 1.58. The molecule has 0 saturated carbocycles. The lowest BCUT2D eigenvalue weighted by Crippen LogP contribution is -2.25. The van der Waals surface area contributed by atoms with Crippen molar-refractivity contribution in [2.75, 3.05) is 5.75 Å². The van der Waals surface area contributed by atoms with Gasteiger partial charge in [0.25, 0.3) is 0 Å². The molecule has 3 rings (SSSR count). The van der Waals surface area contributed by atoms with E-state index in [2.05, 4.69) is 23.5 Å². The molecule has 4 heteroatoms. The molecule has 1 amide bonds. The van der Waals surface area contributed by atoms with Crippen LogP contribution < -0.4 is 5.32 Å². The van der Waals surface area contributed by atoms with Gasteiger partial charge in [-0.2, -0.15) is 0 Å². The highest BCUT2D eigenvalue weighted by molar-refractivity contribution is 8.00. The molecule has 0 fully saturated rings. The van der Waals surface area contributed by atoms with Crippen molar-refractivity contribution in [1.29, 1.82) is 0 Å². The molecule has 1 aliphatic rings. The van der Waals surface area contributed by atoms with E-state index in [1.54, 1.807) is 11.8 Å². The molecule has 23 heavy (non-hydrogen) atoms. The fraction of sp³-hybridized carbons (Fsp3) is 0.316. The van der Waals surface area contributed by atoms with Gasteiger partial charge in [0.15, 0.2) is 0 Å². The maximum Gasteiger partial charge on any atom is 0.230 e. The van der Waals surface area contributed by atoms with Crippen LogP contribution in [0.4, 0.5) is 0 Å². The minimum atomic E-state index is -0.00405. The van der Waals surface area contributed by atoms with Crippen LogP contribution in [-0.2, 0) is 30.8 Å². The maximum atomic E-state index is 12.0. The zero-order valence-electron chi connectivity index (χ0n) is 13.0. The van der Waals surface area contributed by atoms with Gasteiger partial charge in [-0.15, -0.1) is 11.8 Å². The Morgan fingerprint density at radius 1 is 1.09 bits per heavy atom. The van der Waals surface area contributed by atoms with Crippen LogP contribution >= 0.6 is 11.8 Å². The zero-order chi connectivity index (χ0) is 16.1. The Labute approximate surface area is 141 Å². The molecule has 0 radical (unpaired) electrons. The summed E-state index contributed by atoms with van der Waals surface area (Å²) in [4.78, 5) is 13.2. The SMILES string of the molecule is O=C(CSc1ccc2c(c1)CCC2)NCc1ccccc1CO. The molecule has 0 saturated heterocycles. The molecule has 0 atom stereocenters. The Balaban J connectivity index is 1.50. The Bertz CT molecular complexity index is 700. The lowest BCUT2D eigenvalue weighted by atomic mass is 10.1. The van der Waals surface area contributed by atoms with Gasteiger partial charge in [0.2, 0.25) is 5.91 Å². The second-order valence-corrected chi connectivity index (χ2v) is 6.83. The molecule has 0 heterocycles. The lowest BCUT2D eigenvalue weighted by molar-refractivity contribution is -0.118. The first-order valence-corrected chi connectivity index (χ1v) is 8.94. The second kappa shape index (κ2) is 7.66. The van der Waals surface area contributed by atoms with Crippen molar-refractivity contribution >= 4 is 17.7 Å². The molecular weight excluding hydrogens is 306 g/mol. The molecule has 0 unspecified atom stereocenters. The van der Waals surface area contributed by atoms with E-state index in [9.17, 15) is 9.90 Å². The van der Waals surface area contributed by atoms with E-state index in [0.717, 1.165) is 22.4 Å². The van der Waals surface area contributed by atoms with Crippen LogP contribution in [-0.4, -0.2) is 16.8 Å². The van der Waals surface area contributed by atoms with Crippen LogP contribution in [0.1, 0.15) is 28.7 Å². The van der Waals surface area contributed by atoms with Crippen LogP contribution in [0.15, 0.2) is 47.4 Å². The fourth-order valence-corrected chi connectivity index (χ4v) is 3.71. The average molecular weight is 327 g/mol. The third-order valence-corrected chi connectivity index (χ3v) is 5.20. The van der Waals surface area contributed by atoms with Crippen molar-refractivity contribution in [3.8, 4) is 0 Å². The highest BCUT2D eigenvalue weighted by atomic mass is 32.2. The van der Waals surface area contributed by atoms with Gasteiger partial charge in [0, 0.05) is 11.4 Å².